The van der Waals surface area contributed by atoms with Gasteiger partial charge in [-0.25, -0.2) is 0 Å². The Morgan fingerprint density at radius 3 is 2.93 bits per heavy atom. The summed E-state index contributed by atoms with van der Waals surface area (Å²) in [6.45, 7) is 9.78. The number of likely N-dealkylation sites (N-methyl/N-ethyl adjacent to an activating group) is 1. The standard InChI is InChI=1S/C11H21NO3/c1-4-12-5-6-14-10(7-12)8-15-11(13)9(2)3/h9-10H,4-8H2,1-3H3/t10-/m1/s1. The van der Waals surface area contributed by atoms with Crippen molar-refractivity contribution in [3.63, 3.8) is 0 Å². The molecule has 1 aliphatic heterocycles. The highest BCUT2D eigenvalue weighted by Crippen LogP contribution is 2.06. The van der Waals surface area contributed by atoms with Gasteiger partial charge in [-0.3, -0.25) is 9.69 Å². The number of rotatable bonds is 4. The van der Waals surface area contributed by atoms with Crippen LogP contribution in [0.4, 0.5) is 0 Å². The van der Waals surface area contributed by atoms with E-state index in [1.54, 1.807) is 0 Å². The molecule has 0 aromatic rings. The van der Waals surface area contributed by atoms with Crippen molar-refractivity contribution in [3.05, 3.63) is 0 Å². The Morgan fingerprint density at radius 1 is 1.60 bits per heavy atom. The van der Waals surface area contributed by atoms with Crippen LogP contribution in [0.15, 0.2) is 0 Å². The minimum Gasteiger partial charge on any atom is -0.463 e. The number of hydrogen-bond donors (Lipinski definition) is 0. The van der Waals surface area contributed by atoms with Crippen LogP contribution in [0.1, 0.15) is 20.8 Å². The molecule has 4 heteroatoms. The van der Waals surface area contributed by atoms with Crippen LogP contribution in [0.25, 0.3) is 0 Å². The van der Waals surface area contributed by atoms with E-state index in [4.69, 9.17) is 9.47 Å². The van der Waals surface area contributed by atoms with Gasteiger partial charge in [-0.05, 0) is 6.54 Å². The lowest BCUT2D eigenvalue weighted by molar-refractivity contribution is -0.154. The summed E-state index contributed by atoms with van der Waals surface area (Å²) in [6.07, 6.45) is 0.0430. The second-order valence-electron chi connectivity index (χ2n) is 4.17. The van der Waals surface area contributed by atoms with E-state index < -0.39 is 0 Å². The number of hydrogen-bond acceptors (Lipinski definition) is 4. The van der Waals surface area contributed by atoms with E-state index in [0.29, 0.717) is 6.61 Å². The second kappa shape index (κ2) is 6.08. The Hall–Kier alpha value is -0.610. The molecule has 0 N–H and O–H groups in total. The number of morpholine rings is 1. The molecule has 1 fully saturated rings. The number of esters is 1. The molecular weight excluding hydrogens is 194 g/mol. The molecule has 1 aliphatic rings. The summed E-state index contributed by atoms with van der Waals surface area (Å²) in [4.78, 5) is 13.5. The summed E-state index contributed by atoms with van der Waals surface area (Å²) in [5, 5.41) is 0. The van der Waals surface area contributed by atoms with Crippen molar-refractivity contribution in [2.75, 3.05) is 32.8 Å². The van der Waals surface area contributed by atoms with E-state index in [1.807, 2.05) is 13.8 Å². The van der Waals surface area contributed by atoms with Crippen molar-refractivity contribution >= 4 is 5.97 Å². The molecule has 1 rings (SSSR count). The highest BCUT2D eigenvalue weighted by molar-refractivity contribution is 5.71. The first-order valence-corrected chi connectivity index (χ1v) is 5.64. The molecule has 15 heavy (non-hydrogen) atoms. The van der Waals surface area contributed by atoms with E-state index in [-0.39, 0.29) is 18.0 Å². The Morgan fingerprint density at radius 2 is 2.33 bits per heavy atom. The minimum atomic E-state index is -0.146. The normalized spacial score (nSPS) is 23.1. The number of carbonyl (C=O) groups excluding carboxylic acids is 1. The summed E-state index contributed by atoms with van der Waals surface area (Å²) < 4.78 is 10.7. The number of carbonyl (C=O) groups is 1. The highest BCUT2D eigenvalue weighted by Gasteiger charge is 2.21. The zero-order valence-electron chi connectivity index (χ0n) is 9.86. The quantitative estimate of drug-likeness (QED) is 0.653. The Bertz CT molecular complexity index is 206. The lowest BCUT2D eigenvalue weighted by Crippen LogP contribution is -2.44. The molecule has 1 heterocycles. The van der Waals surface area contributed by atoms with Gasteiger partial charge in [0.25, 0.3) is 0 Å². The van der Waals surface area contributed by atoms with Crippen LogP contribution in [0.2, 0.25) is 0 Å². The first kappa shape index (κ1) is 12.5. The zero-order valence-corrected chi connectivity index (χ0v) is 9.86. The Labute approximate surface area is 91.5 Å². The summed E-state index contributed by atoms with van der Waals surface area (Å²) >= 11 is 0. The molecule has 0 saturated carbocycles. The monoisotopic (exact) mass is 215 g/mol. The predicted octanol–water partition coefficient (Wildman–Crippen LogP) is 0.906. The third-order valence-corrected chi connectivity index (χ3v) is 2.55. The molecule has 0 aromatic carbocycles. The van der Waals surface area contributed by atoms with Gasteiger partial charge < -0.3 is 9.47 Å². The predicted molar refractivity (Wildman–Crippen MR) is 57.7 cm³/mol. The van der Waals surface area contributed by atoms with E-state index in [9.17, 15) is 4.79 Å². The molecule has 0 amide bonds. The van der Waals surface area contributed by atoms with Gasteiger partial charge in [0.1, 0.15) is 12.7 Å². The van der Waals surface area contributed by atoms with Crippen LogP contribution >= 0.6 is 0 Å². The van der Waals surface area contributed by atoms with Gasteiger partial charge in [-0.1, -0.05) is 20.8 Å². The molecule has 1 saturated heterocycles. The third kappa shape index (κ3) is 4.18. The van der Waals surface area contributed by atoms with Gasteiger partial charge in [0, 0.05) is 13.1 Å². The average molecular weight is 215 g/mol. The second-order valence-corrected chi connectivity index (χ2v) is 4.17. The fourth-order valence-electron chi connectivity index (χ4n) is 1.51. The van der Waals surface area contributed by atoms with Gasteiger partial charge in [-0.2, -0.15) is 0 Å². The van der Waals surface area contributed by atoms with Crippen LogP contribution in [-0.2, 0) is 14.3 Å². The maximum Gasteiger partial charge on any atom is 0.308 e. The molecule has 0 unspecified atom stereocenters. The summed E-state index contributed by atoms with van der Waals surface area (Å²) in [5.74, 6) is -0.205. The minimum absolute atomic E-state index is 0.0430. The van der Waals surface area contributed by atoms with Crippen LogP contribution in [0.3, 0.4) is 0 Å². The Balaban J connectivity index is 2.23. The van der Waals surface area contributed by atoms with Crippen LogP contribution < -0.4 is 0 Å². The largest absolute Gasteiger partial charge is 0.463 e. The fourth-order valence-corrected chi connectivity index (χ4v) is 1.51. The number of ether oxygens (including phenoxy) is 2. The first-order chi connectivity index (χ1) is 7.13. The summed E-state index contributed by atoms with van der Waals surface area (Å²) in [7, 11) is 0. The molecule has 0 aliphatic carbocycles. The van der Waals surface area contributed by atoms with Crippen molar-refractivity contribution in [2.45, 2.75) is 26.9 Å². The van der Waals surface area contributed by atoms with Crippen LogP contribution in [0.5, 0.6) is 0 Å². The van der Waals surface area contributed by atoms with Crippen LogP contribution in [0, 0.1) is 5.92 Å². The van der Waals surface area contributed by atoms with Crippen molar-refractivity contribution in [1.29, 1.82) is 0 Å². The van der Waals surface area contributed by atoms with Crippen molar-refractivity contribution in [3.8, 4) is 0 Å². The van der Waals surface area contributed by atoms with Crippen molar-refractivity contribution in [2.24, 2.45) is 5.92 Å². The topological polar surface area (TPSA) is 38.8 Å². The maximum absolute atomic E-state index is 11.2. The lowest BCUT2D eigenvalue weighted by atomic mass is 10.2. The van der Waals surface area contributed by atoms with Gasteiger partial charge in [0.2, 0.25) is 0 Å². The van der Waals surface area contributed by atoms with E-state index in [2.05, 4.69) is 11.8 Å². The molecule has 0 bridgehead atoms. The molecule has 1 atom stereocenters. The van der Waals surface area contributed by atoms with E-state index >= 15 is 0 Å². The smallest absolute Gasteiger partial charge is 0.308 e. The van der Waals surface area contributed by atoms with E-state index in [1.165, 1.54) is 0 Å². The SMILES string of the molecule is CCN1CCO[C@@H](COC(=O)C(C)C)C1. The lowest BCUT2D eigenvalue weighted by Gasteiger charge is -2.31. The molecule has 0 aromatic heterocycles. The van der Waals surface area contributed by atoms with Crippen molar-refractivity contribution in [1.82, 2.24) is 4.90 Å². The highest BCUT2D eigenvalue weighted by atomic mass is 16.6. The molecular formula is C11H21NO3. The number of nitrogens with zero attached hydrogens (tertiary/aromatic N) is 1. The summed E-state index contributed by atoms with van der Waals surface area (Å²) in [5.41, 5.74) is 0. The van der Waals surface area contributed by atoms with Gasteiger partial charge in [-0.15, -0.1) is 0 Å². The molecule has 0 spiro atoms. The van der Waals surface area contributed by atoms with E-state index in [0.717, 1.165) is 26.2 Å². The van der Waals surface area contributed by atoms with Crippen molar-refractivity contribution < 1.29 is 14.3 Å². The van der Waals surface area contributed by atoms with Gasteiger partial charge in [0.15, 0.2) is 0 Å². The first-order valence-electron chi connectivity index (χ1n) is 5.64. The molecule has 0 radical (unpaired) electrons. The maximum atomic E-state index is 11.2. The van der Waals surface area contributed by atoms with Gasteiger partial charge >= 0.3 is 5.97 Å². The Kier molecular flexibility index (Phi) is 5.05. The summed E-state index contributed by atoms with van der Waals surface area (Å²) in [6, 6.07) is 0. The zero-order chi connectivity index (χ0) is 11.3. The van der Waals surface area contributed by atoms with Crippen LogP contribution in [-0.4, -0.2) is 49.8 Å². The van der Waals surface area contributed by atoms with Gasteiger partial charge in [0.05, 0.1) is 12.5 Å². The molecule has 4 nitrogen and oxygen atoms in total. The molecule has 88 valence electrons. The average Bonchev–Trinajstić information content (AvgIpc) is 2.26. The third-order valence-electron chi connectivity index (χ3n) is 2.55. The fraction of sp³-hybridized carbons (Fsp3) is 0.909.